The Morgan fingerprint density at radius 1 is 1.33 bits per heavy atom. The molecular weight excluding hydrogens is 198 g/mol. The van der Waals surface area contributed by atoms with Crippen LogP contribution in [0, 0.1) is 5.41 Å². The van der Waals surface area contributed by atoms with Crippen LogP contribution in [-0.4, -0.2) is 51.1 Å². The molecule has 0 aromatic heterocycles. The number of hydrogen-bond donors (Lipinski definition) is 3. The highest BCUT2D eigenvalue weighted by Crippen LogP contribution is 2.32. The average molecular weight is 217 g/mol. The molecule has 1 aliphatic rings. The molecule has 1 unspecified atom stereocenters. The van der Waals surface area contributed by atoms with Gasteiger partial charge in [-0.05, 0) is 11.8 Å². The minimum atomic E-state index is -1.04. The summed E-state index contributed by atoms with van der Waals surface area (Å²) in [5.74, 6) is 0. The molecule has 15 heavy (non-hydrogen) atoms. The number of aliphatic hydroxyl groups is 2. The zero-order valence-corrected chi connectivity index (χ0v) is 9.34. The van der Waals surface area contributed by atoms with Crippen molar-refractivity contribution in [1.29, 1.82) is 0 Å². The number of likely N-dealkylation sites (tertiary alicyclic amines) is 1. The summed E-state index contributed by atoms with van der Waals surface area (Å²) in [5, 5.41) is 28.4. The molecule has 88 valence electrons. The Morgan fingerprint density at radius 3 is 2.27 bits per heavy atom. The third kappa shape index (κ3) is 2.41. The van der Waals surface area contributed by atoms with Gasteiger partial charge in [-0.3, -0.25) is 0 Å². The Bertz CT molecular complexity index is 248. The summed E-state index contributed by atoms with van der Waals surface area (Å²) in [6.07, 6.45) is -2.58. The molecule has 1 amide bonds. The Balaban J connectivity index is 2.95. The second-order valence-electron chi connectivity index (χ2n) is 5.13. The lowest BCUT2D eigenvalue weighted by Gasteiger charge is -2.46. The predicted octanol–water partition coefficient (Wildman–Crippen LogP) is 0.507. The van der Waals surface area contributed by atoms with E-state index in [1.54, 1.807) is 0 Å². The molecule has 0 saturated carbocycles. The van der Waals surface area contributed by atoms with Gasteiger partial charge >= 0.3 is 6.09 Å². The van der Waals surface area contributed by atoms with Gasteiger partial charge in [0.15, 0.2) is 0 Å². The van der Waals surface area contributed by atoms with Crippen LogP contribution in [-0.2, 0) is 0 Å². The highest BCUT2D eigenvalue weighted by molar-refractivity contribution is 5.66. The lowest BCUT2D eigenvalue weighted by molar-refractivity contribution is -0.0976. The molecule has 1 fully saturated rings. The molecule has 1 rings (SSSR count). The highest BCUT2D eigenvalue weighted by Gasteiger charge is 2.44. The van der Waals surface area contributed by atoms with E-state index in [9.17, 15) is 15.0 Å². The molecule has 3 atom stereocenters. The Kier molecular flexibility index (Phi) is 3.25. The first kappa shape index (κ1) is 12.3. The van der Waals surface area contributed by atoms with Crippen LogP contribution in [0.2, 0.25) is 0 Å². The van der Waals surface area contributed by atoms with Gasteiger partial charge < -0.3 is 20.2 Å². The second kappa shape index (κ2) is 3.98. The van der Waals surface area contributed by atoms with Crippen LogP contribution in [0.4, 0.5) is 4.79 Å². The Labute approximate surface area is 89.3 Å². The van der Waals surface area contributed by atoms with Gasteiger partial charge in [-0.15, -0.1) is 0 Å². The number of nitrogens with zero attached hydrogens (tertiary/aromatic N) is 1. The van der Waals surface area contributed by atoms with Gasteiger partial charge in [0.1, 0.15) is 6.10 Å². The molecule has 5 heteroatoms. The maximum Gasteiger partial charge on any atom is 0.407 e. The summed E-state index contributed by atoms with van der Waals surface area (Å²) in [6, 6.07) is -0.557. The summed E-state index contributed by atoms with van der Waals surface area (Å²) in [4.78, 5) is 12.2. The maximum absolute atomic E-state index is 11.0. The first-order chi connectivity index (χ1) is 6.75. The molecule has 3 N–H and O–H groups in total. The molecular formula is C10H19NO4. The fourth-order valence-electron chi connectivity index (χ4n) is 2.17. The predicted molar refractivity (Wildman–Crippen MR) is 54.6 cm³/mol. The molecule has 0 aromatic rings. The molecule has 5 nitrogen and oxygen atoms in total. The number of aliphatic hydroxyl groups excluding tert-OH is 2. The van der Waals surface area contributed by atoms with Crippen molar-refractivity contribution in [2.75, 3.05) is 6.54 Å². The largest absolute Gasteiger partial charge is 0.465 e. The molecule has 1 aliphatic heterocycles. The van der Waals surface area contributed by atoms with Crippen molar-refractivity contribution in [2.45, 2.75) is 45.4 Å². The van der Waals surface area contributed by atoms with E-state index < -0.39 is 24.3 Å². The summed E-state index contributed by atoms with van der Waals surface area (Å²) >= 11 is 0. The van der Waals surface area contributed by atoms with Crippen molar-refractivity contribution >= 4 is 6.09 Å². The van der Waals surface area contributed by atoms with Gasteiger partial charge in [0.05, 0.1) is 12.1 Å². The van der Waals surface area contributed by atoms with Crippen LogP contribution >= 0.6 is 0 Å². The SMILES string of the molecule is CC(C)(C)C1[C@@H](O)[C@@H](O)CCN1C(=O)O. The first-order valence-corrected chi connectivity index (χ1v) is 5.11. The van der Waals surface area contributed by atoms with Crippen LogP contribution in [0.1, 0.15) is 27.2 Å². The van der Waals surface area contributed by atoms with E-state index in [2.05, 4.69) is 0 Å². The molecule has 0 spiro atoms. The van der Waals surface area contributed by atoms with Crippen molar-refractivity contribution in [2.24, 2.45) is 5.41 Å². The Hall–Kier alpha value is -0.810. The standard InChI is InChI=1S/C10H19NO4/c1-10(2,3)8-7(13)6(12)4-5-11(8)9(14)15/h6-8,12-13H,4-5H2,1-3H3,(H,14,15)/t6-,7-,8?/m0/s1. The van der Waals surface area contributed by atoms with Gasteiger partial charge in [0.2, 0.25) is 0 Å². The number of carbonyl (C=O) groups is 1. The van der Waals surface area contributed by atoms with Crippen molar-refractivity contribution < 1.29 is 20.1 Å². The summed E-state index contributed by atoms with van der Waals surface area (Å²) in [7, 11) is 0. The van der Waals surface area contributed by atoms with Gasteiger partial charge in [0.25, 0.3) is 0 Å². The number of hydrogen-bond acceptors (Lipinski definition) is 3. The molecule has 1 heterocycles. The van der Waals surface area contributed by atoms with Crippen molar-refractivity contribution in [3.8, 4) is 0 Å². The smallest absolute Gasteiger partial charge is 0.407 e. The van der Waals surface area contributed by atoms with E-state index in [0.29, 0.717) is 6.42 Å². The van der Waals surface area contributed by atoms with E-state index in [-0.39, 0.29) is 12.0 Å². The van der Waals surface area contributed by atoms with Crippen molar-refractivity contribution in [3.63, 3.8) is 0 Å². The number of piperidine rings is 1. The fraction of sp³-hybridized carbons (Fsp3) is 0.900. The van der Waals surface area contributed by atoms with E-state index in [1.807, 2.05) is 20.8 Å². The van der Waals surface area contributed by atoms with Crippen LogP contribution in [0.15, 0.2) is 0 Å². The second-order valence-corrected chi connectivity index (χ2v) is 5.13. The monoisotopic (exact) mass is 217 g/mol. The van der Waals surface area contributed by atoms with E-state index in [0.717, 1.165) is 0 Å². The van der Waals surface area contributed by atoms with Crippen molar-refractivity contribution in [1.82, 2.24) is 4.90 Å². The minimum Gasteiger partial charge on any atom is -0.465 e. The van der Waals surface area contributed by atoms with Crippen LogP contribution < -0.4 is 0 Å². The third-order valence-corrected chi connectivity index (χ3v) is 2.85. The van der Waals surface area contributed by atoms with Gasteiger partial charge in [-0.2, -0.15) is 0 Å². The highest BCUT2D eigenvalue weighted by atomic mass is 16.4. The van der Waals surface area contributed by atoms with E-state index in [4.69, 9.17) is 5.11 Å². The first-order valence-electron chi connectivity index (χ1n) is 5.11. The number of rotatable bonds is 0. The Morgan fingerprint density at radius 2 is 1.87 bits per heavy atom. The van der Waals surface area contributed by atoms with Gasteiger partial charge in [-0.25, -0.2) is 4.79 Å². The third-order valence-electron chi connectivity index (χ3n) is 2.85. The van der Waals surface area contributed by atoms with Gasteiger partial charge in [-0.1, -0.05) is 20.8 Å². The number of carboxylic acid groups (broad SMARTS) is 1. The van der Waals surface area contributed by atoms with E-state index in [1.165, 1.54) is 4.90 Å². The number of amides is 1. The molecule has 0 aromatic carbocycles. The zero-order valence-electron chi connectivity index (χ0n) is 9.34. The van der Waals surface area contributed by atoms with Gasteiger partial charge in [0, 0.05) is 6.54 Å². The fourth-order valence-corrected chi connectivity index (χ4v) is 2.17. The summed E-state index contributed by atoms with van der Waals surface area (Å²) in [5.41, 5.74) is -0.390. The van der Waals surface area contributed by atoms with E-state index >= 15 is 0 Å². The van der Waals surface area contributed by atoms with Crippen LogP contribution in [0.3, 0.4) is 0 Å². The lowest BCUT2D eigenvalue weighted by Crippen LogP contribution is -2.61. The average Bonchev–Trinajstić information content (AvgIpc) is 2.06. The normalized spacial score (nSPS) is 32.9. The molecule has 0 aliphatic carbocycles. The maximum atomic E-state index is 11.0. The lowest BCUT2D eigenvalue weighted by atomic mass is 9.78. The van der Waals surface area contributed by atoms with Crippen molar-refractivity contribution in [3.05, 3.63) is 0 Å². The zero-order chi connectivity index (χ0) is 11.8. The molecule has 0 bridgehead atoms. The molecule has 0 radical (unpaired) electrons. The minimum absolute atomic E-state index is 0.273. The quantitative estimate of drug-likeness (QED) is 0.552. The van der Waals surface area contributed by atoms with Crippen LogP contribution in [0.25, 0.3) is 0 Å². The summed E-state index contributed by atoms with van der Waals surface area (Å²) < 4.78 is 0. The molecule has 1 saturated heterocycles. The van der Waals surface area contributed by atoms with Crippen LogP contribution in [0.5, 0.6) is 0 Å². The topological polar surface area (TPSA) is 81.0 Å². The summed E-state index contributed by atoms with van der Waals surface area (Å²) in [6.45, 7) is 5.84.